The molecule has 146 valence electrons. The average Bonchev–Trinajstić information content (AvgIpc) is 2.61. The highest BCUT2D eigenvalue weighted by Gasteiger charge is 2.46. The van der Waals surface area contributed by atoms with E-state index >= 15 is 0 Å². The van der Waals surface area contributed by atoms with Crippen molar-refractivity contribution >= 4 is 25.8 Å². The molecule has 0 bridgehead atoms. The molecule has 1 aromatic heterocycles. The van der Waals surface area contributed by atoms with Crippen molar-refractivity contribution in [3.8, 4) is 0 Å². The Morgan fingerprint density at radius 3 is 2.59 bits per heavy atom. The molecule has 1 aromatic carbocycles. The molecule has 1 saturated heterocycles. The molecule has 9 heteroatoms. The lowest BCUT2D eigenvalue weighted by atomic mass is 9.94. The van der Waals surface area contributed by atoms with Crippen molar-refractivity contribution in [3.05, 3.63) is 58.3 Å². The van der Waals surface area contributed by atoms with Gasteiger partial charge in [-0.25, -0.2) is 13.4 Å². The molecule has 2 unspecified atom stereocenters. The molecule has 0 radical (unpaired) electrons. The molecule has 1 aliphatic rings. The number of hydrogen-bond acceptors (Lipinski definition) is 4. The van der Waals surface area contributed by atoms with E-state index in [9.17, 15) is 21.6 Å². The lowest BCUT2D eigenvalue weighted by Gasteiger charge is -2.37. The predicted octanol–water partition coefficient (Wildman–Crippen LogP) is 4.95. The Balaban J connectivity index is 1.96. The Bertz CT molecular complexity index is 949. The number of hydrogen-bond donors (Lipinski definition) is 0. The van der Waals surface area contributed by atoms with Crippen LogP contribution in [0.4, 0.5) is 13.2 Å². The summed E-state index contributed by atoms with van der Waals surface area (Å²) < 4.78 is 70.4. The summed E-state index contributed by atoms with van der Waals surface area (Å²) in [6.45, 7) is 1.73. The summed E-state index contributed by atoms with van der Waals surface area (Å²) >= 11 is 3.27. The zero-order valence-electron chi connectivity index (χ0n) is 14.3. The van der Waals surface area contributed by atoms with Crippen molar-refractivity contribution < 1.29 is 26.3 Å². The second-order valence-electron chi connectivity index (χ2n) is 6.68. The largest absolute Gasteiger partial charge is 0.416 e. The summed E-state index contributed by atoms with van der Waals surface area (Å²) in [6, 6.07) is 9.12. The zero-order chi connectivity index (χ0) is 19.9. The minimum absolute atomic E-state index is 0.106. The predicted molar refractivity (Wildman–Crippen MR) is 96.9 cm³/mol. The van der Waals surface area contributed by atoms with Crippen LogP contribution in [-0.4, -0.2) is 24.8 Å². The Morgan fingerprint density at radius 2 is 1.93 bits per heavy atom. The third-order valence-corrected chi connectivity index (χ3v) is 7.74. The summed E-state index contributed by atoms with van der Waals surface area (Å²) in [4.78, 5) is 3.98. The van der Waals surface area contributed by atoms with E-state index in [0.717, 1.165) is 12.1 Å². The van der Waals surface area contributed by atoms with Crippen LogP contribution in [0, 0.1) is 0 Å². The van der Waals surface area contributed by atoms with E-state index < -0.39 is 32.4 Å². The number of sulfone groups is 1. The Morgan fingerprint density at radius 1 is 1.22 bits per heavy atom. The number of aromatic nitrogens is 1. The van der Waals surface area contributed by atoms with Crippen LogP contribution in [0.1, 0.15) is 37.1 Å². The highest BCUT2D eigenvalue weighted by atomic mass is 79.9. The molecular formula is C18H17BrF3NO3S. The van der Waals surface area contributed by atoms with E-state index in [2.05, 4.69) is 20.9 Å². The van der Waals surface area contributed by atoms with Gasteiger partial charge >= 0.3 is 6.18 Å². The van der Waals surface area contributed by atoms with Gasteiger partial charge in [-0.1, -0.05) is 12.1 Å². The first-order valence-electron chi connectivity index (χ1n) is 8.19. The second kappa shape index (κ2) is 7.18. The number of benzene rings is 1. The molecule has 1 aliphatic heterocycles. The fourth-order valence-electron chi connectivity index (χ4n) is 3.13. The fraction of sp³-hybridized carbons (Fsp3) is 0.389. The van der Waals surface area contributed by atoms with E-state index in [0.29, 0.717) is 16.4 Å². The van der Waals surface area contributed by atoms with Gasteiger partial charge in [0.05, 0.1) is 20.9 Å². The van der Waals surface area contributed by atoms with Crippen molar-refractivity contribution in [2.24, 2.45) is 0 Å². The van der Waals surface area contributed by atoms with E-state index in [4.69, 9.17) is 4.74 Å². The molecule has 1 fully saturated rings. The molecule has 0 saturated carbocycles. The van der Waals surface area contributed by atoms with Gasteiger partial charge < -0.3 is 4.74 Å². The van der Waals surface area contributed by atoms with Crippen LogP contribution < -0.4 is 0 Å². The fourth-order valence-corrected chi connectivity index (χ4v) is 5.32. The Hall–Kier alpha value is -1.45. The summed E-state index contributed by atoms with van der Waals surface area (Å²) in [7, 11) is -4.01. The second-order valence-corrected chi connectivity index (χ2v) is 9.95. The molecule has 0 aliphatic carbocycles. The van der Waals surface area contributed by atoms with Crippen molar-refractivity contribution in [2.45, 2.75) is 41.7 Å². The molecule has 0 N–H and O–H groups in total. The van der Waals surface area contributed by atoms with Crippen molar-refractivity contribution in [1.82, 2.24) is 4.98 Å². The molecule has 0 amide bonds. The smallest absolute Gasteiger partial charge is 0.372 e. The summed E-state index contributed by atoms with van der Waals surface area (Å²) in [6.07, 6.45) is -4.86. The molecule has 0 spiro atoms. The number of rotatable bonds is 3. The van der Waals surface area contributed by atoms with Gasteiger partial charge in [0.25, 0.3) is 0 Å². The summed E-state index contributed by atoms with van der Waals surface area (Å²) in [5.74, 6) is 0. The number of halogens is 4. The monoisotopic (exact) mass is 463 g/mol. The molecule has 2 atom stereocenters. The van der Waals surface area contributed by atoms with E-state index in [1.54, 1.807) is 25.1 Å². The van der Waals surface area contributed by atoms with E-state index in [1.165, 1.54) is 6.07 Å². The molecule has 2 aromatic rings. The third kappa shape index (κ3) is 4.05. The Kier molecular flexibility index (Phi) is 5.39. The quantitative estimate of drug-likeness (QED) is 0.604. The minimum Gasteiger partial charge on any atom is -0.372 e. The van der Waals surface area contributed by atoms with Crippen LogP contribution in [0.15, 0.2) is 52.0 Å². The maximum atomic E-state index is 13.2. The van der Waals surface area contributed by atoms with Crippen LogP contribution >= 0.6 is 15.9 Å². The van der Waals surface area contributed by atoms with Crippen molar-refractivity contribution in [1.29, 1.82) is 0 Å². The van der Waals surface area contributed by atoms with Gasteiger partial charge in [-0.3, -0.25) is 0 Å². The lowest BCUT2D eigenvalue weighted by molar-refractivity contribution is -0.137. The van der Waals surface area contributed by atoms with Crippen molar-refractivity contribution in [2.75, 3.05) is 6.61 Å². The minimum atomic E-state index is -4.61. The molecule has 3 rings (SSSR count). The van der Waals surface area contributed by atoms with Gasteiger partial charge in [-0.2, -0.15) is 13.2 Å². The first kappa shape index (κ1) is 20.3. The zero-order valence-corrected chi connectivity index (χ0v) is 16.7. The Labute approximate surface area is 163 Å². The van der Waals surface area contributed by atoms with Crippen LogP contribution in [0.5, 0.6) is 0 Å². The topological polar surface area (TPSA) is 56.3 Å². The van der Waals surface area contributed by atoms with Gasteiger partial charge in [0.15, 0.2) is 9.84 Å². The number of alkyl halides is 3. The van der Waals surface area contributed by atoms with Gasteiger partial charge in [0.1, 0.15) is 10.7 Å². The van der Waals surface area contributed by atoms with Crippen LogP contribution in [-0.2, 0) is 20.8 Å². The third-order valence-electron chi connectivity index (χ3n) is 4.75. The van der Waals surface area contributed by atoms with Gasteiger partial charge in [-0.15, -0.1) is 0 Å². The van der Waals surface area contributed by atoms with E-state index in [-0.39, 0.29) is 24.3 Å². The SMILES string of the molecule is CC1(S(=O)(=O)c2cccc(C(F)(F)F)c2)CCOC(c2cccc(Br)n2)C1. The number of ether oxygens (including phenoxy) is 1. The molecule has 27 heavy (non-hydrogen) atoms. The molecule has 2 heterocycles. The van der Waals surface area contributed by atoms with Crippen molar-refractivity contribution in [3.63, 3.8) is 0 Å². The average molecular weight is 464 g/mol. The normalized spacial score (nSPS) is 24.0. The lowest BCUT2D eigenvalue weighted by Crippen LogP contribution is -2.42. The highest BCUT2D eigenvalue weighted by Crippen LogP contribution is 2.42. The van der Waals surface area contributed by atoms with Gasteiger partial charge in [0, 0.05) is 6.61 Å². The highest BCUT2D eigenvalue weighted by molar-refractivity contribution is 9.10. The maximum absolute atomic E-state index is 13.2. The number of pyridine rings is 1. The van der Waals surface area contributed by atoms with E-state index in [1.807, 2.05) is 0 Å². The van der Waals surface area contributed by atoms with Crippen LogP contribution in [0.2, 0.25) is 0 Å². The molecule has 4 nitrogen and oxygen atoms in total. The van der Waals surface area contributed by atoms with Gasteiger partial charge in [-0.05, 0) is 66.0 Å². The first-order valence-corrected chi connectivity index (χ1v) is 10.5. The molecular weight excluding hydrogens is 447 g/mol. The maximum Gasteiger partial charge on any atom is 0.416 e. The standard InChI is InChI=1S/C18H17BrF3NO3S/c1-17(8-9-26-15(11-17)14-6-3-7-16(19)23-14)27(24,25)13-5-2-4-12(10-13)18(20,21)22/h2-7,10,15H,8-9,11H2,1H3. The van der Waals surface area contributed by atoms with Crippen LogP contribution in [0.3, 0.4) is 0 Å². The number of nitrogens with zero attached hydrogens (tertiary/aromatic N) is 1. The summed E-state index contributed by atoms with van der Waals surface area (Å²) in [5.41, 5.74) is -0.404. The van der Waals surface area contributed by atoms with Gasteiger partial charge in [0.2, 0.25) is 0 Å². The summed E-state index contributed by atoms with van der Waals surface area (Å²) in [5, 5.41) is 0. The first-order chi connectivity index (χ1) is 12.5. The van der Waals surface area contributed by atoms with Crippen LogP contribution in [0.25, 0.3) is 0 Å².